The predicted molar refractivity (Wildman–Crippen MR) is 115 cm³/mol. The van der Waals surface area contributed by atoms with Gasteiger partial charge in [-0.25, -0.2) is 4.79 Å². The van der Waals surface area contributed by atoms with Crippen LogP contribution in [0.15, 0.2) is 23.2 Å². The number of thiazole rings is 1. The van der Waals surface area contributed by atoms with Crippen LogP contribution in [0.4, 0.5) is 0 Å². The van der Waals surface area contributed by atoms with Gasteiger partial charge in [-0.1, -0.05) is 18.3 Å². The molecule has 1 aliphatic heterocycles. The summed E-state index contributed by atoms with van der Waals surface area (Å²) in [6.45, 7) is 3.78. The number of carbonyl (C=O) groups excluding carboxylic acids is 3. The summed E-state index contributed by atoms with van der Waals surface area (Å²) in [5.74, 6) is 0.428. The van der Waals surface area contributed by atoms with Gasteiger partial charge in [0, 0.05) is 20.1 Å². The number of nitrogens with zero attached hydrogens (tertiary/aromatic N) is 3. The number of esters is 1. The van der Waals surface area contributed by atoms with Crippen molar-refractivity contribution in [3.8, 4) is 0 Å². The van der Waals surface area contributed by atoms with Crippen LogP contribution >= 0.6 is 23.1 Å². The Balaban J connectivity index is 1.62. The smallest absolute Gasteiger partial charge is 0.337 e. The molecule has 1 saturated heterocycles. The molecule has 2 aromatic rings. The number of aryl methyl sites for hydroxylation is 1. The van der Waals surface area contributed by atoms with Crippen molar-refractivity contribution in [2.24, 2.45) is 18.0 Å². The van der Waals surface area contributed by atoms with Crippen LogP contribution in [0.1, 0.15) is 30.1 Å². The SMILES string of the molecule is COC(=O)c1ccc2c(c1)sc(=NC(=O)CSCC(=O)N1CCCC(C)C1)n2C. The Hall–Kier alpha value is -2.13. The molecular weight excluding hydrogens is 410 g/mol. The van der Waals surface area contributed by atoms with E-state index in [1.807, 2.05) is 22.6 Å². The minimum Gasteiger partial charge on any atom is -0.465 e. The lowest BCUT2D eigenvalue weighted by molar-refractivity contribution is -0.130. The standard InChI is InChI=1S/C20H25N3O4S2/c1-13-5-4-8-23(10-13)18(25)12-28-11-17(24)21-20-22(2)15-7-6-14(19(26)27-3)9-16(15)29-20/h6-7,9,13H,4-5,8,10-12H2,1-3H3. The number of carbonyl (C=O) groups is 3. The number of ether oxygens (including phenoxy) is 1. The van der Waals surface area contributed by atoms with E-state index in [1.54, 1.807) is 12.1 Å². The number of hydrogen-bond donors (Lipinski definition) is 0. The third-order valence-electron chi connectivity index (χ3n) is 4.91. The molecule has 0 saturated carbocycles. The van der Waals surface area contributed by atoms with Gasteiger partial charge >= 0.3 is 5.97 Å². The van der Waals surface area contributed by atoms with Crippen LogP contribution in [-0.2, 0) is 21.4 Å². The van der Waals surface area contributed by atoms with Gasteiger partial charge in [-0.3, -0.25) is 9.59 Å². The molecule has 2 heterocycles. The number of piperidine rings is 1. The Kier molecular flexibility index (Phi) is 7.13. The predicted octanol–water partition coefficient (Wildman–Crippen LogP) is 2.45. The maximum absolute atomic E-state index is 12.3. The van der Waals surface area contributed by atoms with Crippen molar-refractivity contribution in [1.82, 2.24) is 9.47 Å². The summed E-state index contributed by atoms with van der Waals surface area (Å²) in [4.78, 5) is 42.9. The van der Waals surface area contributed by atoms with Gasteiger partial charge in [0.1, 0.15) is 0 Å². The van der Waals surface area contributed by atoms with Gasteiger partial charge in [-0.05, 0) is 37.0 Å². The van der Waals surface area contributed by atoms with Crippen LogP contribution in [0, 0.1) is 5.92 Å². The fourth-order valence-corrected chi connectivity index (χ4v) is 5.13. The van der Waals surface area contributed by atoms with Crippen LogP contribution in [0.2, 0.25) is 0 Å². The van der Waals surface area contributed by atoms with Gasteiger partial charge in [0.2, 0.25) is 5.91 Å². The van der Waals surface area contributed by atoms with Gasteiger partial charge in [0.15, 0.2) is 4.80 Å². The van der Waals surface area contributed by atoms with Gasteiger partial charge < -0.3 is 14.2 Å². The first-order valence-electron chi connectivity index (χ1n) is 9.50. The molecule has 1 aromatic heterocycles. The molecular formula is C20H25N3O4S2. The number of rotatable bonds is 5. The van der Waals surface area contributed by atoms with E-state index in [4.69, 9.17) is 4.74 Å². The van der Waals surface area contributed by atoms with Crippen molar-refractivity contribution >= 4 is 51.1 Å². The second-order valence-electron chi connectivity index (χ2n) is 7.20. The van der Waals surface area contributed by atoms with E-state index in [2.05, 4.69) is 11.9 Å². The first kappa shape index (κ1) is 21.6. The molecule has 1 aliphatic rings. The van der Waals surface area contributed by atoms with E-state index < -0.39 is 5.97 Å². The maximum Gasteiger partial charge on any atom is 0.337 e. The second kappa shape index (κ2) is 9.58. The molecule has 0 N–H and O–H groups in total. The van der Waals surface area contributed by atoms with Crippen LogP contribution in [0.25, 0.3) is 10.2 Å². The molecule has 1 atom stereocenters. The van der Waals surface area contributed by atoms with E-state index in [-0.39, 0.29) is 17.6 Å². The van der Waals surface area contributed by atoms with Crippen LogP contribution in [-0.4, -0.2) is 59.0 Å². The van der Waals surface area contributed by atoms with Gasteiger partial charge in [-0.15, -0.1) is 11.8 Å². The number of amides is 2. The minimum atomic E-state index is -0.401. The maximum atomic E-state index is 12.3. The topological polar surface area (TPSA) is 81.0 Å². The molecule has 156 valence electrons. The number of thioether (sulfide) groups is 1. The Morgan fingerprint density at radius 3 is 2.83 bits per heavy atom. The monoisotopic (exact) mass is 435 g/mol. The molecule has 1 aromatic carbocycles. The number of benzene rings is 1. The number of fused-ring (bicyclic) bond motifs is 1. The summed E-state index contributed by atoms with van der Waals surface area (Å²) < 4.78 is 7.42. The fourth-order valence-electron chi connectivity index (χ4n) is 3.36. The zero-order valence-electron chi connectivity index (χ0n) is 16.8. The van der Waals surface area contributed by atoms with Crippen molar-refractivity contribution < 1.29 is 19.1 Å². The molecule has 9 heteroatoms. The molecule has 0 radical (unpaired) electrons. The molecule has 0 spiro atoms. The Bertz CT molecular complexity index is 995. The van der Waals surface area contributed by atoms with Crippen LogP contribution in [0.3, 0.4) is 0 Å². The van der Waals surface area contributed by atoms with E-state index in [1.165, 1.54) is 36.6 Å². The van der Waals surface area contributed by atoms with Crippen molar-refractivity contribution in [2.45, 2.75) is 19.8 Å². The fraction of sp³-hybridized carbons (Fsp3) is 0.500. The first-order valence-corrected chi connectivity index (χ1v) is 11.5. The highest BCUT2D eigenvalue weighted by atomic mass is 32.2. The zero-order valence-corrected chi connectivity index (χ0v) is 18.5. The number of likely N-dealkylation sites (tertiary alicyclic amines) is 1. The summed E-state index contributed by atoms with van der Waals surface area (Å²) >= 11 is 2.65. The number of methoxy groups -OCH3 is 1. The van der Waals surface area contributed by atoms with Crippen molar-refractivity contribution in [2.75, 3.05) is 31.7 Å². The quantitative estimate of drug-likeness (QED) is 0.674. The highest BCUT2D eigenvalue weighted by Gasteiger charge is 2.20. The number of hydrogen-bond acceptors (Lipinski definition) is 6. The highest BCUT2D eigenvalue weighted by molar-refractivity contribution is 8.00. The average Bonchev–Trinajstić information content (AvgIpc) is 3.02. The Morgan fingerprint density at radius 1 is 1.31 bits per heavy atom. The summed E-state index contributed by atoms with van der Waals surface area (Å²) in [6.07, 6.45) is 2.22. The third-order valence-corrected chi connectivity index (χ3v) is 6.91. The molecule has 7 nitrogen and oxygen atoms in total. The van der Waals surface area contributed by atoms with E-state index in [0.29, 0.717) is 22.0 Å². The van der Waals surface area contributed by atoms with E-state index in [9.17, 15) is 14.4 Å². The number of aromatic nitrogens is 1. The molecule has 3 rings (SSSR count). The third kappa shape index (κ3) is 5.27. The first-order chi connectivity index (χ1) is 13.9. The van der Waals surface area contributed by atoms with E-state index in [0.717, 1.165) is 29.7 Å². The minimum absolute atomic E-state index is 0.0945. The highest BCUT2D eigenvalue weighted by Crippen LogP contribution is 2.19. The largest absolute Gasteiger partial charge is 0.465 e. The molecule has 0 aliphatic carbocycles. The van der Waals surface area contributed by atoms with Gasteiger partial charge in [0.05, 0.1) is 34.4 Å². The molecule has 29 heavy (non-hydrogen) atoms. The van der Waals surface area contributed by atoms with Crippen LogP contribution < -0.4 is 4.80 Å². The summed E-state index contributed by atoms with van der Waals surface area (Å²) in [5, 5.41) is 0. The van der Waals surface area contributed by atoms with Crippen LogP contribution in [0.5, 0.6) is 0 Å². The second-order valence-corrected chi connectivity index (χ2v) is 9.20. The Morgan fingerprint density at radius 2 is 2.10 bits per heavy atom. The van der Waals surface area contributed by atoms with Crippen molar-refractivity contribution in [3.63, 3.8) is 0 Å². The molecule has 2 amide bonds. The molecule has 1 unspecified atom stereocenters. The summed E-state index contributed by atoms with van der Waals surface area (Å²) in [5.41, 5.74) is 1.34. The molecule has 0 bridgehead atoms. The lowest BCUT2D eigenvalue weighted by atomic mass is 10.0. The zero-order chi connectivity index (χ0) is 21.0. The lowest BCUT2D eigenvalue weighted by Crippen LogP contribution is -2.40. The van der Waals surface area contributed by atoms with Crippen molar-refractivity contribution in [1.29, 1.82) is 0 Å². The molecule has 1 fully saturated rings. The normalized spacial score (nSPS) is 17.6. The Labute approximate surface area is 177 Å². The average molecular weight is 436 g/mol. The summed E-state index contributed by atoms with van der Waals surface area (Å²) in [7, 11) is 3.17. The lowest BCUT2D eigenvalue weighted by Gasteiger charge is -2.30. The van der Waals surface area contributed by atoms with Gasteiger partial charge in [0.25, 0.3) is 5.91 Å². The summed E-state index contributed by atoms with van der Waals surface area (Å²) in [6, 6.07) is 5.24. The van der Waals surface area contributed by atoms with E-state index >= 15 is 0 Å². The van der Waals surface area contributed by atoms with Gasteiger partial charge in [-0.2, -0.15) is 4.99 Å². The van der Waals surface area contributed by atoms with Crippen molar-refractivity contribution in [3.05, 3.63) is 28.6 Å².